The van der Waals surface area contributed by atoms with Gasteiger partial charge in [-0.2, -0.15) is 0 Å². The van der Waals surface area contributed by atoms with Crippen LogP contribution in [-0.2, 0) is 11.3 Å². The van der Waals surface area contributed by atoms with Gasteiger partial charge in [-0.3, -0.25) is 0 Å². The quantitative estimate of drug-likeness (QED) is 0.735. The molecule has 120 valence electrons. The second-order valence-electron chi connectivity index (χ2n) is 5.76. The van der Waals surface area contributed by atoms with Crippen molar-refractivity contribution in [3.8, 4) is 5.75 Å². The van der Waals surface area contributed by atoms with Crippen LogP contribution < -0.4 is 10.1 Å². The molecule has 2 atom stereocenters. The average molecular weight is 293 g/mol. The Morgan fingerprint density at radius 3 is 2.29 bits per heavy atom. The van der Waals surface area contributed by atoms with Gasteiger partial charge in [0.2, 0.25) is 0 Å². The van der Waals surface area contributed by atoms with E-state index in [0.29, 0.717) is 18.7 Å². The Bertz CT molecular complexity index is 416. The first-order valence-corrected chi connectivity index (χ1v) is 7.99. The van der Waals surface area contributed by atoms with Gasteiger partial charge in [0, 0.05) is 24.8 Å². The van der Waals surface area contributed by atoms with Crippen molar-refractivity contribution in [1.29, 1.82) is 0 Å². The molecule has 1 aromatic carbocycles. The Kier molecular flexibility index (Phi) is 7.76. The second kappa shape index (κ2) is 9.06. The van der Waals surface area contributed by atoms with Crippen molar-refractivity contribution < 1.29 is 9.47 Å². The minimum atomic E-state index is 0.321. The summed E-state index contributed by atoms with van der Waals surface area (Å²) in [6.07, 6.45) is 2.43. The summed E-state index contributed by atoms with van der Waals surface area (Å²) in [5, 5.41) is 3.72. The lowest BCUT2D eigenvalue weighted by Crippen LogP contribution is -2.35. The van der Waals surface area contributed by atoms with Crippen molar-refractivity contribution in [3.05, 3.63) is 29.3 Å². The van der Waals surface area contributed by atoms with Crippen LogP contribution in [0.2, 0.25) is 0 Å². The number of nitrogens with one attached hydrogen (secondary N) is 1. The Morgan fingerprint density at radius 1 is 1.10 bits per heavy atom. The van der Waals surface area contributed by atoms with Gasteiger partial charge in [-0.05, 0) is 37.5 Å². The normalized spacial score (nSPS) is 14.2. The Hall–Kier alpha value is -1.06. The van der Waals surface area contributed by atoms with Crippen LogP contribution in [-0.4, -0.2) is 20.3 Å². The highest BCUT2D eigenvalue weighted by atomic mass is 16.5. The largest absolute Gasteiger partial charge is 0.496 e. The van der Waals surface area contributed by atoms with Crippen molar-refractivity contribution >= 4 is 0 Å². The zero-order valence-corrected chi connectivity index (χ0v) is 14.4. The predicted molar refractivity (Wildman–Crippen MR) is 88.8 cm³/mol. The first-order valence-electron chi connectivity index (χ1n) is 7.99. The summed E-state index contributed by atoms with van der Waals surface area (Å²) in [6.45, 7) is 9.61. The van der Waals surface area contributed by atoms with Crippen LogP contribution in [0, 0.1) is 5.92 Å². The van der Waals surface area contributed by atoms with Gasteiger partial charge in [0.05, 0.1) is 13.7 Å². The molecule has 0 aliphatic rings. The third-order valence-electron chi connectivity index (χ3n) is 4.37. The van der Waals surface area contributed by atoms with Gasteiger partial charge in [0.15, 0.2) is 0 Å². The summed E-state index contributed by atoms with van der Waals surface area (Å²) in [5.41, 5.74) is 2.38. The van der Waals surface area contributed by atoms with Gasteiger partial charge in [-0.15, -0.1) is 0 Å². The van der Waals surface area contributed by atoms with Gasteiger partial charge in [0.25, 0.3) is 0 Å². The second-order valence-corrected chi connectivity index (χ2v) is 5.76. The SMILES string of the molecule is CCC(CC)C(C)NC(C)c1ccc(OC)c(COC)c1. The summed E-state index contributed by atoms with van der Waals surface area (Å²) in [4.78, 5) is 0. The molecule has 0 heterocycles. The monoisotopic (exact) mass is 293 g/mol. The molecule has 0 spiro atoms. The molecule has 1 rings (SSSR count). The molecular formula is C18H31NO2. The van der Waals surface area contributed by atoms with Gasteiger partial charge in [-0.1, -0.05) is 32.8 Å². The molecular weight excluding hydrogens is 262 g/mol. The fourth-order valence-electron chi connectivity index (χ4n) is 2.96. The summed E-state index contributed by atoms with van der Waals surface area (Å²) < 4.78 is 10.6. The van der Waals surface area contributed by atoms with Crippen molar-refractivity contribution in [2.75, 3.05) is 14.2 Å². The highest BCUT2D eigenvalue weighted by Gasteiger charge is 2.17. The number of ether oxygens (including phenoxy) is 2. The van der Waals surface area contributed by atoms with Crippen LogP contribution in [0.4, 0.5) is 0 Å². The van der Waals surface area contributed by atoms with E-state index < -0.39 is 0 Å². The molecule has 0 radical (unpaired) electrons. The minimum absolute atomic E-state index is 0.321. The highest BCUT2D eigenvalue weighted by Crippen LogP contribution is 2.25. The fraction of sp³-hybridized carbons (Fsp3) is 0.667. The van der Waals surface area contributed by atoms with E-state index in [9.17, 15) is 0 Å². The predicted octanol–water partition coefficient (Wildman–Crippen LogP) is 4.32. The van der Waals surface area contributed by atoms with Crippen LogP contribution in [0.3, 0.4) is 0 Å². The number of rotatable bonds is 9. The number of hydrogen-bond donors (Lipinski definition) is 1. The lowest BCUT2D eigenvalue weighted by Gasteiger charge is -2.27. The van der Waals surface area contributed by atoms with Crippen LogP contribution in [0.25, 0.3) is 0 Å². The topological polar surface area (TPSA) is 30.5 Å². The average Bonchev–Trinajstić information content (AvgIpc) is 2.48. The maximum atomic E-state index is 5.39. The Balaban J connectivity index is 2.82. The van der Waals surface area contributed by atoms with E-state index in [-0.39, 0.29) is 0 Å². The first kappa shape index (κ1) is 18.0. The third kappa shape index (κ3) is 5.01. The third-order valence-corrected chi connectivity index (χ3v) is 4.37. The van der Waals surface area contributed by atoms with Gasteiger partial charge >= 0.3 is 0 Å². The summed E-state index contributed by atoms with van der Waals surface area (Å²) in [7, 11) is 3.41. The maximum absolute atomic E-state index is 5.39. The van der Waals surface area contributed by atoms with Gasteiger partial charge in [0.1, 0.15) is 5.75 Å². The summed E-state index contributed by atoms with van der Waals surface area (Å²) >= 11 is 0. The number of methoxy groups -OCH3 is 2. The molecule has 2 unspecified atom stereocenters. The lowest BCUT2D eigenvalue weighted by molar-refractivity contribution is 0.181. The lowest BCUT2D eigenvalue weighted by atomic mass is 9.94. The standard InChI is InChI=1S/C18H31NO2/c1-7-15(8-2)13(3)19-14(4)16-9-10-18(21-6)17(11-16)12-20-5/h9-11,13-15,19H,7-8,12H2,1-6H3. The molecule has 0 amide bonds. The van der Waals surface area contributed by atoms with Crippen molar-refractivity contribution in [1.82, 2.24) is 5.32 Å². The molecule has 3 nitrogen and oxygen atoms in total. The van der Waals surface area contributed by atoms with E-state index in [4.69, 9.17) is 9.47 Å². The Morgan fingerprint density at radius 2 is 1.76 bits per heavy atom. The van der Waals surface area contributed by atoms with E-state index in [0.717, 1.165) is 17.2 Å². The summed E-state index contributed by atoms with van der Waals surface area (Å²) in [6, 6.07) is 7.18. The van der Waals surface area contributed by atoms with Crippen LogP contribution in [0.15, 0.2) is 18.2 Å². The molecule has 0 aromatic heterocycles. The number of benzene rings is 1. The molecule has 1 N–H and O–H groups in total. The molecule has 0 saturated heterocycles. The fourth-order valence-corrected chi connectivity index (χ4v) is 2.96. The van der Waals surface area contributed by atoms with Crippen molar-refractivity contribution in [3.63, 3.8) is 0 Å². The molecule has 3 heteroatoms. The maximum Gasteiger partial charge on any atom is 0.124 e. The van der Waals surface area contributed by atoms with E-state index in [2.05, 4.69) is 45.1 Å². The molecule has 1 aromatic rings. The molecule has 0 fully saturated rings. The zero-order valence-electron chi connectivity index (χ0n) is 14.4. The highest BCUT2D eigenvalue weighted by molar-refractivity contribution is 5.38. The van der Waals surface area contributed by atoms with Crippen LogP contribution in [0.5, 0.6) is 5.75 Å². The molecule has 0 aliphatic heterocycles. The van der Waals surface area contributed by atoms with Crippen LogP contribution in [0.1, 0.15) is 57.7 Å². The number of hydrogen-bond acceptors (Lipinski definition) is 3. The molecule has 0 saturated carbocycles. The Labute approximate surface area is 130 Å². The molecule has 0 bridgehead atoms. The van der Waals surface area contributed by atoms with Crippen molar-refractivity contribution in [2.24, 2.45) is 5.92 Å². The van der Waals surface area contributed by atoms with Crippen molar-refractivity contribution in [2.45, 2.75) is 59.2 Å². The van der Waals surface area contributed by atoms with E-state index in [1.807, 2.05) is 6.07 Å². The minimum Gasteiger partial charge on any atom is -0.496 e. The summed E-state index contributed by atoms with van der Waals surface area (Å²) in [5.74, 6) is 1.62. The zero-order chi connectivity index (χ0) is 15.8. The smallest absolute Gasteiger partial charge is 0.124 e. The van der Waals surface area contributed by atoms with Crippen LogP contribution >= 0.6 is 0 Å². The van der Waals surface area contributed by atoms with E-state index in [1.54, 1.807) is 14.2 Å². The van der Waals surface area contributed by atoms with E-state index in [1.165, 1.54) is 18.4 Å². The van der Waals surface area contributed by atoms with Gasteiger partial charge < -0.3 is 14.8 Å². The van der Waals surface area contributed by atoms with Gasteiger partial charge in [-0.25, -0.2) is 0 Å². The molecule has 0 aliphatic carbocycles. The van der Waals surface area contributed by atoms with E-state index >= 15 is 0 Å². The molecule has 21 heavy (non-hydrogen) atoms. The first-order chi connectivity index (χ1) is 10.1.